The predicted octanol–water partition coefficient (Wildman–Crippen LogP) is 3.34. The molecule has 2 N–H and O–H groups in total. The Morgan fingerprint density at radius 1 is 1.12 bits per heavy atom. The van der Waals surface area contributed by atoms with Crippen molar-refractivity contribution in [3.8, 4) is 0 Å². The van der Waals surface area contributed by atoms with E-state index in [4.69, 9.17) is 0 Å². The van der Waals surface area contributed by atoms with Gasteiger partial charge in [0.15, 0.2) is 0 Å². The van der Waals surface area contributed by atoms with E-state index in [1.165, 1.54) is 32.1 Å². The van der Waals surface area contributed by atoms with Crippen LogP contribution in [0.4, 0.5) is 0 Å². The van der Waals surface area contributed by atoms with Gasteiger partial charge in [-0.2, -0.15) is 0 Å². The van der Waals surface area contributed by atoms with Crippen LogP contribution in [0.2, 0.25) is 0 Å². The average molecular weight is 241 g/mol. The molecule has 17 heavy (non-hydrogen) atoms. The molecule has 1 saturated carbocycles. The summed E-state index contributed by atoms with van der Waals surface area (Å²) in [7, 11) is 0. The van der Waals surface area contributed by atoms with E-state index in [1.807, 2.05) is 0 Å². The Kier molecular flexibility index (Phi) is 6.50. The van der Waals surface area contributed by atoms with Crippen molar-refractivity contribution in [2.75, 3.05) is 13.2 Å². The van der Waals surface area contributed by atoms with E-state index < -0.39 is 0 Å². The van der Waals surface area contributed by atoms with Gasteiger partial charge >= 0.3 is 0 Å². The summed E-state index contributed by atoms with van der Waals surface area (Å²) in [6, 6.07) is 0.692. The van der Waals surface area contributed by atoms with Crippen LogP contribution in [0.15, 0.2) is 0 Å². The van der Waals surface area contributed by atoms with Gasteiger partial charge in [0.2, 0.25) is 0 Å². The lowest BCUT2D eigenvalue weighted by Crippen LogP contribution is -2.45. The third kappa shape index (κ3) is 3.96. The van der Waals surface area contributed by atoms with Crippen LogP contribution in [-0.4, -0.2) is 24.3 Å². The Morgan fingerprint density at radius 3 is 2.29 bits per heavy atom. The quantitative estimate of drug-likeness (QED) is 0.716. The highest BCUT2D eigenvalue weighted by Crippen LogP contribution is 2.29. The number of aliphatic hydroxyl groups is 1. The highest BCUT2D eigenvalue weighted by Gasteiger charge is 2.29. The smallest absolute Gasteiger partial charge is 0.0499 e. The standard InChI is InChI=1S/C15H31NO/c1-4-13-9-7-8-10-14(13)16-11-15(5-2,6-3)12-17/h13-14,16-17H,4-12H2,1-3H3. The number of nitrogens with one attached hydrogen (secondary N) is 1. The second-order valence-electron chi connectivity index (χ2n) is 5.81. The summed E-state index contributed by atoms with van der Waals surface area (Å²) in [5.74, 6) is 0.855. The van der Waals surface area contributed by atoms with Gasteiger partial charge in [-0.1, -0.05) is 40.0 Å². The molecule has 1 rings (SSSR count). The Hall–Kier alpha value is -0.0800. The summed E-state index contributed by atoms with van der Waals surface area (Å²) < 4.78 is 0. The third-order valence-corrected chi connectivity index (χ3v) is 5.01. The summed E-state index contributed by atoms with van der Waals surface area (Å²) in [5, 5.41) is 13.3. The van der Waals surface area contributed by atoms with Gasteiger partial charge in [0.25, 0.3) is 0 Å². The van der Waals surface area contributed by atoms with Gasteiger partial charge in [0.05, 0.1) is 0 Å². The van der Waals surface area contributed by atoms with Crippen LogP contribution in [0.5, 0.6) is 0 Å². The molecule has 0 amide bonds. The van der Waals surface area contributed by atoms with Gasteiger partial charge < -0.3 is 10.4 Å². The topological polar surface area (TPSA) is 32.3 Å². The molecule has 0 saturated heterocycles. The minimum absolute atomic E-state index is 0.107. The first-order chi connectivity index (χ1) is 8.21. The maximum Gasteiger partial charge on any atom is 0.0499 e. The van der Waals surface area contributed by atoms with Crippen LogP contribution < -0.4 is 5.32 Å². The van der Waals surface area contributed by atoms with E-state index in [2.05, 4.69) is 26.1 Å². The SMILES string of the molecule is CCC1CCCCC1NCC(CC)(CC)CO. The second kappa shape index (κ2) is 7.38. The van der Waals surface area contributed by atoms with Crippen molar-refractivity contribution in [2.24, 2.45) is 11.3 Å². The fourth-order valence-electron chi connectivity index (χ4n) is 3.09. The molecule has 102 valence electrons. The van der Waals surface area contributed by atoms with E-state index in [0.717, 1.165) is 25.3 Å². The van der Waals surface area contributed by atoms with Crippen molar-refractivity contribution in [3.05, 3.63) is 0 Å². The second-order valence-corrected chi connectivity index (χ2v) is 5.81. The van der Waals surface area contributed by atoms with Crippen LogP contribution in [-0.2, 0) is 0 Å². The van der Waals surface area contributed by atoms with Gasteiger partial charge in [-0.3, -0.25) is 0 Å². The van der Waals surface area contributed by atoms with E-state index >= 15 is 0 Å². The minimum Gasteiger partial charge on any atom is -0.396 e. The molecule has 1 aliphatic carbocycles. The zero-order valence-corrected chi connectivity index (χ0v) is 12.0. The third-order valence-electron chi connectivity index (χ3n) is 5.01. The van der Waals surface area contributed by atoms with Crippen molar-refractivity contribution < 1.29 is 5.11 Å². The van der Waals surface area contributed by atoms with Crippen molar-refractivity contribution in [2.45, 2.75) is 71.8 Å². The molecule has 2 unspecified atom stereocenters. The summed E-state index contributed by atoms with van der Waals surface area (Å²) >= 11 is 0. The fourth-order valence-corrected chi connectivity index (χ4v) is 3.09. The van der Waals surface area contributed by atoms with Crippen molar-refractivity contribution >= 4 is 0 Å². The van der Waals surface area contributed by atoms with Crippen LogP contribution in [0.25, 0.3) is 0 Å². The first-order valence-electron chi connectivity index (χ1n) is 7.55. The average Bonchev–Trinajstić information content (AvgIpc) is 2.41. The molecule has 0 bridgehead atoms. The zero-order valence-electron chi connectivity index (χ0n) is 12.0. The molecule has 2 nitrogen and oxygen atoms in total. The van der Waals surface area contributed by atoms with Crippen LogP contribution >= 0.6 is 0 Å². The molecular formula is C15H31NO. The molecular weight excluding hydrogens is 210 g/mol. The highest BCUT2D eigenvalue weighted by molar-refractivity contribution is 4.85. The number of hydrogen-bond acceptors (Lipinski definition) is 2. The molecule has 0 heterocycles. The lowest BCUT2D eigenvalue weighted by Gasteiger charge is -2.36. The summed E-state index contributed by atoms with van der Waals surface area (Å²) in [6.45, 7) is 8.00. The molecule has 0 spiro atoms. The molecule has 2 atom stereocenters. The molecule has 2 heteroatoms. The minimum atomic E-state index is 0.107. The van der Waals surface area contributed by atoms with Crippen LogP contribution in [0.3, 0.4) is 0 Å². The summed E-state index contributed by atoms with van der Waals surface area (Å²) in [6.07, 6.45) is 8.92. The van der Waals surface area contributed by atoms with Gasteiger partial charge in [0, 0.05) is 24.6 Å². The van der Waals surface area contributed by atoms with Crippen LogP contribution in [0, 0.1) is 11.3 Å². The number of hydrogen-bond donors (Lipinski definition) is 2. The van der Waals surface area contributed by atoms with E-state index in [0.29, 0.717) is 12.6 Å². The lowest BCUT2D eigenvalue weighted by molar-refractivity contribution is 0.102. The Labute approximate surface area is 107 Å². The Balaban J connectivity index is 2.46. The summed E-state index contributed by atoms with van der Waals surface area (Å²) in [4.78, 5) is 0. The van der Waals surface area contributed by atoms with Gasteiger partial charge in [-0.25, -0.2) is 0 Å². The molecule has 0 aliphatic heterocycles. The molecule has 1 fully saturated rings. The monoisotopic (exact) mass is 241 g/mol. The molecule has 0 aromatic heterocycles. The predicted molar refractivity (Wildman–Crippen MR) is 74.1 cm³/mol. The normalized spacial score (nSPS) is 26.1. The lowest BCUT2D eigenvalue weighted by atomic mass is 9.80. The van der Waals surface area contributed by atoms with Crippen molar-refractivity contribution in [1.29, 1.82) is 0 Å². The number of rotatable bonds is 7. The molecule has 1 aliphatic rings. The molecule has 0 aromatic carbocycles. The van der Waals surface area contributed by atoms with Crippen molar-refractivity contribution in [3.63, 3.8) is 0 Å². The Morgan fingerprint density at radius 2 is 1.76 bits per heavy atom. The fraction of sp³-hybridized carbons (Fsp3) is 1.00. The first kappa shape index (κ1) is 15.0. The van der Waals surface area contributed by atoms with E-state index in [-0.39, 0.29) is 5.41 Å². The van der Waals surface area contributed by atoms with Crippen LogP contribution in [0.1, 0.15) is 65.7 Å². The van der Waals surface area contributed by atoms with E-state index in [9.17, 15) is 5.11 Å². The summed E-state index contributed by atoms with van der Waals surface area (Å²) in [5.41, 5.74) is 0.107. The Bertz CT molecular complexity index is 193. The maximum atomic E-state index is 9.59. The first-order valence-corrected chi connectivity index (χ1v) is 7.55. The van der Waals surface area contributed by atoms with E-state index in [1.54, 1.807) is 0 Å². The van der Waals surface area contributed by atoms with Gasteiger partial charge in [-0.15, -0.1) is 0 Å². The zero-order chi connectivity index (χ0) is 12.7. The number of aliphatic hydroxyl groups excluding tert-OH is 1. The van der Waals surface area contributed by atoms with Crippen molar-refractivity contribution in [1.82, 2.24) is 5.32 Å². The molecule has 0 radical (unpaired) electrons. The maximum absolute atomic E-state index is 9.59. The van der Waals surface area contributed by atoms with Gasteiger partial charge in [0.1, 0.15) is 0 Å². The highest BCUT2D eigenvalue weighted by atomic mass is 16.3. The molecule has 0 aromatic rings. The van der Waals surface area contributed by atoms with Gasteiger partial charge in [-0.05, 0) is 31.6 Å². The largest absolute Gasteiger partial charge is 0.396 e.